The molecule has 0 saturated carbocycles. The Labute approximate surface area is 103 Å². The number of rotatable bonds is 4. The molecule has 1 aromatic heterocycles. The number of aliphatic hydroxyl groups excluding tert-OH is 1. The molecule has 1 aliphatic rings. The van der Waals surface area contributed by atoms with Gasteiger partial charge < -0.3 is 9.84 Å². The average Bonchev–Trinajstić information content (AvgIpc) is 2.35. The Hall–Kier alpha value is -0.930. The first-order valence-electron chi connectivity index (χ1n) is 6.42. The van der Waals surface area contributed by atoms with Crippen molar-refractivity contribution in [2.75, 3.05) is 6.61 Å². The van der Waals surface area contributed by atoms with Crippen LogP contribution < -0.4 is 0 Å². The third kappa shape index (κ3) is 3.05. The minimum atomic E-state index is -0.439. The average molecular weight is 235 g/mol. The van der Waals surface area contributed by atoms with Gasteiger partial charge in [0.05, 0.1) is 18.8 Å². The molecule has 2 rings (SSSR count). The second-order valence-electron chi connectivity index (χ2n) is 5.00. The summed E-state index contributed by atoms with van der Waals surface area (Å²) in [7, 11) is 0. The minimum Gasteiger partial charge on any atom is -0.390 e. The van der Waals surface area contributed by atoms with E-state index >= 15 is 0 Å². The Balaban J connectivity index is 2.07. The third-order valence-corrected chi connectivity index (χ3v) is 3.30. The Bertz CT molecular complexity index is 365. The summed E-state index contributed by atoms with van der Waals surface area (Å²) in [6.07, 6.45) is 4.75. The molecule has 1 heterocycles. The van der Waals surface area contributed by atoms with E-state index in [1.54, 1.807) is 0 Å². The predicted octanol–water partition coefficient (Wildman–Crippen LogP) is 2.29. The van der Waals surface area contributed by atoms with Crippen LogP contribution in [0.3, 0.4) is 0 Å². The number of aryl methyl sites for hydroxylation is 1. The molecule has 1 aromatic rings. The van der Waals surface area contributed by atoms with E-state index in [2.05, 4.69) is 11.1 Å². The van der Waals surface area contributed by atoms with Gasteiger partial charge in [-0.25, -0.2) is 0 Å². The molecule has 0 amide bonds. The molecule has 1 N–H and O–H groups in total. The number of ether oxygens (including phenoxy) is 1. The van der Waals surface area contributed by atoms with Gasteiger partial charge in [-0.1, -0.05) is 6.07 Å². The maximum Gasteiger partial charge on any atom is 0.0857 e. The van der Waals surface area contributed by atoms with Crippen molar-refractivity contribution in [3.8, 4) is 0 Å². The van der Waals surface area contributed by atoms with Crippen molar-refractivity contribution in [3.63, 3.8) is 0 Å². The van der Waals surface area contributed by atoms with E-state index < -0.39 is 6.10 Å². The summed E-state index contributed by atoms with van der Waals surface area (Å²) in [5, 5.41) is 10.2. The first-order chi connectivity index (χ1) is 8.18. The van der Waals surface area contributed by atoms with Gasteiger partial charge in [0.2, 0.25) is 0 Å². The second kappa shape index (κ2) is 5.61. The summed E-state index contributed by atoms with van der Waals surface area (Å²) in [5.41, 5.74) is 2.35. The molecule has 17 heavy (non-hydrogen) atoms. The molecule has 0 aliphatic heterocycles. The summed E-state index contributed by atoms with van der Waals surface area (Å²) < 4.78 is 5.49. The van der Waals surface area contributed by atoms with E-state index in [0.717, 1.165) is 25.0 Å². The number of pyridine rings is 1. The van der Waals surface area contributed by atoms with Crippen LogP contribution in [-0.2, 0) is 11.2 Å². The maximum atomic E-state index is 10.2. The van der Waals surface area contributed by atoms with E-state index in [-0.39, 0.29) is 12.0 Å². The topological polar surface area (TPSA) is 42.4 Å². The molecular weight excluding hydrogens is 214 g/mol. The van der Waals surface area contributed by atoms with Crippen LogP contribution in [0.1, 0.15) is 43.9 Å². The van der Waals surface area contributed by atoms with Crippen molar-refractivity contribution in [2.24, 2.45) is 0 Å². The summed E-state index contributed by atoms with van der Waals surface area (Å²) in [6, 6.07) is 4.09. The fourth-order valence-electron chi connectivity index (χ4n) is 2.43. The Morgan fingerprint density at radius 1 is 1.53 bits per heavy atom. The highest BCUT2D eigenvalue weighted by molar-refractivity contribution is 5.26. The van der Waals surface area contributed by atoms with Crippen molar-refractivity contribution in [2.45, 2.75) is 51.2 Å². The highest BCUT2D eigenvalue weighted by atomic mass is 16.5. The molecule has 2 unspecified atom stereocenters. The van der Waals surface area contributed by atoms with Gasteiger partial charge in [0, 0.05) is 17.8 Å². The molecule has 3 nitrogen and oxygen atoms in total. The van der Waals surface area contributed by atoms with Crippen molar-refractivity contribution in [1.29, 1.82) is 0 Å². The quantitative estimate of drug-likeness (QED) is 0.870. The largest absolute Gasteiger partial charge is 0.390 e. The third-order valence-electron chi connectivity index (χ3n) is 3.30. The van der Waals surface area contributed by atoms with Gasteiger partial charge in [0.15, 0.2) is 0 Å². The van der Waals surface area contributed by atoms with Gasteiger partial charge in [-0.15, -0.1) is 0 Å². The van der Waals surface area contributed by atoms with Gasteiger partial charge in [-0.3, -0.25) is 4.98 Å². The van der Waals surface area contributed by atoms with Crippen molar-refractivity contribution < 1.29 is 9.84 Å². The maximum absolute atomic E-state index is 10.2. The van der Waals surface area contributed by atoms with Crippen LogP contribution in [0.5, 0.6) is 0 Å². The lowest BCUT2D eigenvalue weighted by molar-refractivity contribution is -0.00831. The highest BCUT2D eigenvalue weighted by Crippen LogP contribution is 2.32. The number of aliphatic hydroxyl groups is 1. The lowest BCUT2D eigenvalue weighted by Gasteiger charge is -2.28. The lowest BCUT2D eigenvalue weighted by atomic mass is 9.83. The molecule has 0 saturated heterocycles. The first kappa shape index (κ1) is 12.5. The van der Waals surface area contributed by atoms with Gasteiger partial charge in [-0.2, -0.15) is 0 Å². The van der Waals surface area contributed by atoms with Crippen LogP contribution in [0.2, 0.25) is 0 Å². The normalized spacial score (nSPS) is 21.3. The van der Waals surface area contributed by atoms with Gasteiger partial charge in [0.1, 0.15) is 0 Å². The standard InChI is InChI=1S/C14H21NO2/c1-10(2)17-9-13(16)12-7-3-5-11-6-4-8-15-14(11)12/h4,6,8,10,12-13,16H,3,5,7,9H2,1-2H3. The van der Waals surface area contributed by atoms with Gasteiger partial charge >= 0.3 is 0 Å². The van der Waals surface area contributed by atoms with Crippen molar-refractivity contribution in [1.82, 2.24) is 4.98 Å². The van der Waals surface area contributed by atoms with E-state index in [1.165, 1.54) is 5.56 Å². The number of fused-ring (bicyclic) bond motifs is 1. The zero-order valence-corrected chi connectivity index (χ0v) is 10.6. The number of aromatic nitrogens is 1. The van der Waals surface area contributed by atoms with E-state index in [4.69, 9.17) is 4.74 Å². The predicted molar refractivity (Wildman–Crippen MR) is 67.0 cm³/mol. The lowest BCUT2D eigenvalue weighted by Crippen LogP contribution is -2.29. The van der Waals surface area contributed by atoms with E-state index in [9.17, 15) is 5.11 Å². The molecule has 3 heteroatoms. The van der Waals surface area contributed by atoms with Crippen molar-refractivity contribution in [3.05, 3.63) is 29.6 Å². The number of nitrogens with zero attached hydrogens (tertiary/aromatic N) is 1. The van der Waals surface area contributed by atoms with Gasteiger partial charge in [0.25, 0.3) is 0 Å². The van der Waals surface area contributed by atoms with Crippen LogP contribution in [0.15, 0.2) is 18.3 Å². The van der Waals surface area contributed by atoms with E-state index in [0.29, 0.717) is 6.61 Å². The molecule has 94 valence electrons. The molecule has 2 atom stereocenters. The van der Waals surface area contributed by atoms with Crippen LogP contribution in [0.25, 0.3) is 0 Å². The fraction of sp³-hybridized carbons (Fsp3) is 0.643. The second-order valence-corrected chi connectivity index (χ2v) is 5.00. The van der Waals surface area contributed by atoms with Crippen LogP contribution >= 0.6 is 0 Å². The van der Waals surface area contributed by atoms with E-state index in [1.807, 2.05) is 26.1 Å². The minimum absolute atomic E-state index is 0.138. The SMILES string of the molecule is CC(C)OCC(O)C1CCCc2cccnc21. The highest BCUT2D eigenvalue weighted by Gasteiger charge is 2.27. The molecule has 0 fully saturated rings. The molecule has 0 bridgehead atoms. The fourth-order valence-corrected chi connectivity index (χ4v) is 2.43. The monoisotopic (exact) mass is 235 g/mol. The van der Waals surface area contributed by atoms with Gasteiger partial charge in [-0.05, 0) is 44.7 Å². The molecule has 0 spiro atoms. The Morgan fingerprint density at radius 2 is 2.35 bits per heavy atom. The first-order valence-corrected chi connectivity index (χ1v) is 6.42. The summed E-state index contributed by atoms with van der Waals surface area (Å²) >= 11 is 0. The zero-order chi connectivity index (χ0) is 12.3. The Morgan fingerprint density at radius 3 is 3.12 bits per heavy atom. The van der Waals surface area contributed by atoms with Crippen LogP contribution in [0, 0.1) is 0 Å². The molecule has 0 aromatic carbocycles. The van der Waals surface area contributed by atoms with Crippen molar-refractivity contribution >= 4 is 0 Å². The number of hydrogen-bond acceptors (Lipinski definition) is 3. The summed E-state index contributed by atoms with van der Waals surface area (Å²) in [5.74, 6) is 0.138. The smallest absolute Gasteiger partial charge is 0.0857 e. The Kier molecular flexibility index (Phi) is 4.13. The number of hydrogen-bond donors (Lipinski definition) is 1. The van der Waals surface area contributed by atoms with Crippen LogP contribution in [-0.4, -0.2) is 28.9 Å². The molecular formula is C14H21NO2. The molecule has 0 radical (unpaired) electrons. The molecule has 1 aliphatic carbocycles. The summed E-state index contributed by atoms with van der Waals surface area (Å²) in [4.78, 5) is 4.43. The summed E-state index contributed by atoms with van der Waals surface area (Å²) in [6.45, 7) is 4.37. The van der Waals surface area contributed by atoms with Crippen LogP contribution in [0.4, 0.5) is 0 Å². The zero-order valence-electron chi connectivity index (χ0n) is 10.6.